The zero-order valence-corrected chi connectivity index (χ0v) is 10.4. The summed E-state index contributed by atoms with van der Waals surface area (Å²) in [5, 5.41) is 0. The molecule has 3 heteroatoms. The van der Waals surface area contributed by atoms with Crippen LogP contribution in [0.1, 0.15) is 44.4 Å². The Kier molecular flexibility index (Phi) is 3.70. The van der Waals surface area contributed by atoms with Crippen LogP contribution in [0.3, 0.4) is 0 Å². The van der Waals surface area contributed by atoms with Gasteiger partial charge in [0.2, 0.25) is 0 Å². The van der Waals surface area contributed by atoms with Gasteiger partial charge in [-0.25, -0.2) is 0 Å². The van der Waals surface area contributed by atoms with Crippen molar-refractivity contribution >= 4 is 6.08 Å². The molecule has 17 heavy (non-hydrogen) atoms. The molecule has 0 unspecified atom stereocenters. The number of halogens is 3. The smallest absolute Gasteiger partial charge is 0.166 e. The number of hydrogen-bond acceptors (Lipinski definition) is 0. The highest BCUT2D eigenvalue weighted by atomic mass is 19.4. The Morgan fingerprint density at radius 1 is 1.06 bits per heavy atom. The number of alkyl halides is 3. The van der Waals surface area contributed by atoms with Gasteiger partial charge in [-0.3, -0.25) is 0 Å². The Bertz CT molecular complexity index is 420. The maximum Gasteiger partial charge on any atom is 0.416 e. The molecule has 0 aromatic heterocycles. The van der Waals surface area contributed by atoms with E-state index in [1.165, 1.54) is 6.07 Å². The van der Waals surface area contributed by atoms with Gasteiger partial charge < -0.3 is 0 Å². The number of benzene rings is 1. The molecule has 0 atom stereocenters. The normalized spacial score (nSPS) is 13.4. The van der Waals surface area contributed by atoms with Gasteiger partial charge in [0, 0.05) is 0 Å². The van der Waals surface area contributed by atoms with Crippen LogP contribution in [-0.4, -0.2) is 0 Å². The van der Waals surface area contributed by atoms with E-state index < -0.39 is 17.2 Å². The average molecular weight is 241 g/mol. The zero-order chi connectivity index (χ0) is 13.3. The Morgan fingerprint density at radius 3 is 2.06 bits per heavy atom. The second-order valence-electron chi connectivity index (χ2n) is 4.99. The van der Waals surface area contributed by atoms with E-state index in [2.05, 4.69) is 6.08 Å². The highest BCUT2D eigenvalue weighted by Gasteiger charge is 2.36. The molecule has 1 radical (unpaired) electrons. The minimum absolute atomic E-state index is 0.318. The van der Waals surface area contributed by atoms with E-state index in [9.17, 15) is 13.2 Å². The van der Waals surface area contributed by atoms with Crippen LogP contribution < -0.4 is 0 Å². The molecule has 0 amide bonds. The summed E-state index contributed by atoms with van der Waals surface area (Å²) in [5.74, 6) is 0. The van der Waals surface area contributed by atoms with Crippen LogP contribution in [0.2, 0.25) is 0 Å². The van der Waals surface area contributed by atoms with Crippen LogP contribution >= 0.6 is 0 Å². The standard InChI is InChI=1S/C14H16F3/c1-5-6-10-7-8-11(13(2,3)4)12(9-10)14(15,16)17/h6-9H,1-4H3. The minimum Gasteiger partial charge on any atom is -0.166 e. The predicted octanol–water partition coefficient (Wildman–Crippen LogP) is 4.84. The lowest BCUT2D eigenvalue weighted by atomic mass is 9.83. The van der Waals surface area contributed by atoms with Crippen LogP contribution in [0.5, 0.6) is 0 Å². The monoisotopic (exact) mass is 241 g/mol. The molecule has 0 spiro atoms. The van der Waals surface area contributed by atoms with Crippen molar-refractivity contribution in [3.8, 4) is 0 Å². The number of rotatable bonds is 1. The van der Waals surface area contributed by atoms with Crippen molar-refractivity contribution < 1.29 is 13.2 Å². The SMILES string of the molecule is C[C]=Cc1ccc(C(C)(C)C)c(C(F)(F)F)c1. The third kappa shape index (κ3) is 3.35. The van der Waals surface area contributed by atoms with Crippen LogP contribution in [0.25, 0.3) is 6.08 Å². The first-order chi connectivity index (χ1) is 7.66. The van der Waals surface area contributed by atoms with Gasteiger partial charge in [-0.1, -0.05) is 39.0 Å². The summed E-state index contributed by atoms with van der Waals surface area (Å²) in [7, 11) is 0. The molecule has 1 aromatic carbocycles. The molecule has 0 saturated heterocycles. The molecule has 1 aromatic rings. The van der Waals surface area contributed by atoms with Gasteiger partial charge in [0.15, 0.2) is 0 Å². The van der Waals surface area contributed by atoms with Gasteiger partial charge in [0.25, 0.3) is 0 Å². The van der Waals surface area contributed by atoms with Crippen molar-refractivity contribution in [2.75, 3.05) is 0 Å². The van der Waals surface area contributed by atoms with E-state index in [0.717, 1.165) is 0 Å². The molecule has 0 nitrogen and oxygen atoms in total. The summed E-state index contributed by atoms with van der Waals surface area (Å²) < 4.78 is 38.9. The molecule has 0 saturated carbocycles. The number of hydrogen-bond donors (Lipinski definition) is 0. The van der Waals surface area contributed by atoms with Crippen molar-refractivity contribution in [3.05, 3.63) is 41.0 Å². The highest BCUT2D eigenvalue weighted by molar-refractivity contribution is 5.52. The summed E-state index contributed by atoms with van der Waals surface area (Å²) in [6.45, 7) is 6.99. The molecule has 0 aliphatic heterocycles. The summed E-state index contributed by atoms with van der Waals surface area (Å²) in [5.41, 5.74) is -0.247. The highest BCUT2D eigenvalue weighted by Crippen LogP contribution is 2.38. The fourth-order valence-corrected chi connectivity index (χ4v) is 1.71. The quantitative estimate of drug-likeness (QED) is 0.660. The number of allylic oxidation sites excluding steroid dienone is 1. The van der Waals surface area contributed by atoms with E-state index in [-0.39, 0.29) is 0 Å². The third-order valence-electron chi connectivity index (χ3n) is 2.47. The topological polar surface area (TPSA) is 0 Å². The van der Waals surface area contributed by atoms with E-state index in [4.69, 9.17) is 0 Å². The lowest BCUT2D eigenvalue weighted by molar-refractivity contribution is -0.138. The first-order valence-corrected chi connectivity index (χ1v) is 5.38. The first-order valence-electron chi connectivity index (χ1n) is 5.38. The van der Waals surface area contributed by atoms with Gasteiger partial charge in [-0.15, -0.1) is 0 Å². The Morgan fingerprint density at radius 2 is 1.65 bits per heavy atom. The second-order valence-corrected chi connectivity index (χ2v) is 4.99. The summed E-state index contributed by atoms with van der Waals surface area (Å²) in [6.07, 6.45) is -0.0474. The van der Waals surface area contributed by atoms with Gasteiger partial charge in [0.1, 0.15) is 0 Å². The molecular weight excluding hydrogens is 225 g/mol. The molecular formula is C14H16F3. The molecule has 0 heterocycles. The second kappa shape index (κ2) is 4.55. The van der Waals surface area contributed by atoms with Gasteiger partial charge >= 0.3 is 6.18 Å². The molecule has 0 fully saturated rings. The van der Waals surface area contributed by atoms with Crippen molar-refractivity contribution in [2.24, 2.45) is 0 Å². The van der Waals surface area contributed by atoms with Crippen molar-refractivity contribution in [3.63, 3.8) is 0 Å². The third-order valence-corrected chi connectivity index (χ3v) is 2.47. The summed E-state index contributed by atoms with van der Waals surface area (Å²) in [4.78, 5) is 0. The average Bonchev–Trinajstić information content (AvgIpc) is 2.15. The Balaban J connectivity index is 3.43. The fourth-order valence-electron chi connectivity index (χ4n) is 1.71. The van der Waals surface area contributed by atoms with Crippen LogP contribution in [0, 0.1) is 6.08 Å². The van der Waals surface area contributed by atoms with E-state index in [1.54, 1.807) is 45.9 Å². The van der Waals surface area contributed by atoms with Crippen LogP contribution in [0.4, 0.5) is 13.2 Å². The minimum atomic E-state index is -4.32. The predicted molar refractivity (Wildman–Crippen MR) is 63.5 cm³/mol. The molecule has 0 aliphatic carbocycles. The lowest BCUT2D eigenvalue weighted by Gasteiger charge is -2.24. The molecule has 1 rings (SSSR count). The van der Waals surface area contributed by atoms with Gasteiger partial charge in [-0.05, 0) is 35.6 Å². The Labute approximate surface area is 100 Å². The van der Waals surface area contributed by atoms with Crippen molar-refractivity contribution in [2.45, 2.75) is 39.3 Å². The summed E-state index contributed by atoms with van der Waals surface area (Å²) >= 11 is 0. The van der Waals surface area contributed by atoms with Crippen molar-refractivity contribution in [1.82, 2.24) is 0 Å². The van der Waals surface area contributed by atoms with Crippen molar-refractivity contribution in [1.29, 1.82) is 0 Å². The first kappa shape index (κ1) is 13.8. The molecule has 0 N–H and O–H groups in total. The lowest BCUT2D eigenvalue weighted by Crippen LogP contribution is -2.19. The van der Waals surface area contributed by atoms with Crippen LogP contribution in [0.15, 0.2) is 18.2 Å². The largest absolute Gasteiger partial charge is 0.416 e. The molecule has 0 bridgehead atoms. The van der Waals surface area contributed by atoms with E-state index >= 15 is 0 Å². The molecule has 93 valence electrons. The zero-order valence-electron chi connectivity index (χ0n) is 10.4. The maximum atomic E-state index is 13.0. The van der Waals surface area contributed by atoms with E-state index in [1.807, 2.05) is 0 Å². The molecule has 0 aliphatic rings. The maximum absolute atomic E-state index is 13.0. The van der Waals surface area contributed by atoms with E-state index in [0.29, 0.717) is 11.1 Å². The summed E-state index contributed by atoms with van der Waals surface area (Å²) in [6, 6.07) is 4.41. The van der Waals surface area contributed by atoms with Crippen LogP contribution in [-0.2, 0) is 11.6 Å². The fraction of sp³-hybridized carbons (Fsp3) is 0.429. The van der Waals surface area contributed by atoms with Gasteiger partial charge in [-0.2, -0.15) is 13.2 Å². The Hall–Kier alpha value is -1.25. The van der Waals surface area contributed by atoms with Gasteiger partial charge in [0.05, 0.1) is 5.56 Å².